The van der Waals surface area contributed by atoms with Crippen LogP contribution < -0.4 is 0 Å². The summed E-state index contributed by atoms with van der Waals surface area (Å²) >= 11 is 0. The number of aryl methyl sites for hydroxylation is 2. The molecule has 2 rings (SSSR count). The van der Waals surface area contributed by atoms with Gasteiger partial charge in [-0.1, -0.05) is 17.7 Å². The van der Waals surface area contributed by atoms with Crippen molar-refractivity contribution in [1.29, 1.82) is 0 Å². The fourth-order valence-corrected chi connectivity index (χ4v) is 2.28. The number of hydrogen-bond acceptors (Lipinski definition) is 5. The molecule has 0 aliphatic rings. The first kappa shape index (κ1) is 15.8. The van der Waals surface area contributed by atoms with Crippen molar-refractivity contribution >= 4 is 11.9 Å². The number of methoxy groups -OCH3 is 2. The molecule has 6 nitrogen and oxygen atoms in total. The Morgan fingerprint density at radius 2 is 1.91 bits per heavy atom. The van der Waals surface area contributed by atoms with Crippen molar-refractivity contribution in [3.63, 3.8) is 0 Å². The van der Waals surface area contributed by atoms with Crippen molar-refractivity contribution in [2.24, 2.45) is 0 Å². The van der Waals surface area contributed by atoms with Crippen molar-refractivity contribution in [3.8, 4) is 5.69 Å². The lowest BCUT2D eigenvalue weighted by Crippen LogP contribution is -2.14. The Labute approximate surface area is 128 Å². The lowest BCUT2D eigenvalue weighted by Gasteiger charge is -2.11. The molecule has 2 aromatic rings. The van der Waals surface area contributed by atoms with E-state index in [0.29, 0.717) is 5.69 Å². The van der Waals surface area contributed by atoms with Crippen LogP contribution in [0.5, 0.6) is 0 Å². The summed E-state index contributed by atoms with van der Waals surface area (Å²) in [6.07, 6.45) is 1.34. The topological polar surface area (TPSA) is 70.4 Å². The predicted molar refractivity (Wildman–Crippen MR) is 80.1 cm³/mol. The van der Waals surface area contributed by atoms with Crippen molar-refractivity contribution in [1.82, 2.24) is 9.78 Å². The normalized spacial score (nSPS) is 10.4. The number of nitrogens with zero attached hydrogens (tertiary/aromatic N) is 2. The minimum absolute atomic E-state index is 0.0613. The molecule has 0 saturated heterocycles. The molecule has 0 amide bonds. The summed E-state index contributed by atoms with van der Waals surface area (Å²) in [5, 5.41) is 4.24. The zero-order valence-electron chi connectivity index (χ0n) is 13.0. The molecule has 0 radical (unpaired) electrons. The van der Waals surface area contributed by atoms with Crippen molar-refractivity contribution in [2.75, 3.05) is 14.2 Å². The summed E-state index contributed by atoms with van der Waals surface area (Å²) in [7, 11) is 2.59. The zero-order valence-corrected chi connectivity index (χ0v) is 13.0. The van der Waals surface area contributed by atoms with Gasteiger partial charge in [0.2, 0.25) is 0 Å². The van der Waals surface area contributed by atoms with Crippen LogP contribution in [0.4, 0.5) is 0 Å². The number of esters is 2. The smallest absolute Gasteiger partial charge is 0.341 e. The third kappa shape index (κ3) is 3.00. The number of aromatic nitrogens is 2. The molecule has 0 fully saturated rings. The van der Waals surface area contributed by atoms with E-state index >= 15 is 0 Å². The Kier molecular flexibility index (Phi) is 4.60. The van der Waals surface area contributed by atoms with E-state index in [1.807, 2.05) is 32.0 Å². The molecule has 0 atom stereocenters. The van der Waals surface area contributed by atoms with E-state index in [0.717, 1.165) is 16.8 Å². The van der Waals surface area contributed by atoms with Gasteiger partial charge in [-0.15, -0.1) is 0 Å². The number of benzene rings is 1. The van der Waals surface area contributed by atoms with E-state index in [1.54, 1.807) is 4.68 Å². The highest BCUT2D eigenvalue weighted by atomic mass is 16.5. The maximum absolute atomic E-state index is 11.9. The molecule has 0 unspecified atom stereocenters. The monoisotopic (exact) mass is 302 g/mol. The predicted octanol–water partition coefficient (Wildman–Crippen LogP) is 1.99. The Hall–Kier alpha value is -2.63. The van der Waals surface area contributed by atoms with Crippen LogP contribution in [0, 0.1) is 13.8 Å². The highest BCUT2D eigenvalue weighted by Gasteiger charge is 2.22. The molecular weight excluding hydrogens is 284 g/mol. The molecule has 1 aromatic heterocycles. The van der Waals surface area contributed by atoms with Gasteiger partial charge in [0.15, 0.2) is 0 Å². The lowest BCUT2D eigenvalue weighted by molar-refractivity contribution is -0.139. The molecule has 0 spiro atoms. The van der Waals surface area contributed by atoms with Gasteiger partial charge >= 0.3 is 11.9 Å². The summed E-state index contributed by atoms with van der Waals surface area (Å²) in [6.45, 7) is 3.94. The number of carbonyl (C=O) groups excluding carboxylic acids is 2. The van der Waals surface area contributed by atoms with Gasteiger partial charge < -0.3 is 9.47 Å². The van der Waals surface area contributed by atoms with E-state index in [-0.39, 0.29) is 12.0 Å². The number of rotatable bonds is 4. The van der Waals surface area contributed by atoms with Crippen LogP contribution in [0.15, 0.2) is 24.4 Å². The summed E-state index contributed by atoms with van der Waals surface area (Å²) in [5.74, 6) is -0.980. The van der Waals surface area contributed by atoms with Crippen LogP contribution in [-0.4, -0.2) is 35.9 Å². The van der Waals surface area contributed by atoms with Crippen LogP contribution in [0.25, 0.3) is 5.69 Å². The second-order valence-corrected chi connectivity index (χ2v) is 4.95. The van der Waals surface area contributed by atoms with E-state index in [1.165, 1.54) is 20.4 Å². The molecule has 0 aliphatic carbocycles. The molecule has 0 aliphatic heterocycles. The van der Waals surface area contributed by atoms with Crippen molar-refractivity contribution in [3.05, 3.63) is 46.8 Å². The fourth-order valence-electron chi connectivity index (χ4n) is 2.28. The van der Waals surface area contributed by atoms with Crippen LogP contribution in [0.3, 0.4) is 0 Å². The van der Waals surface area contributed by atoms with E-state index < -0.39 is 11.9 Å². The third-order valence-corrected chi connectivity index (χ3v) is 3.39. The van der Waals surface area contributed by atoms with Gasteiger partial charge in [0.05, 0.1) is 38.2 Å². The number of carbonyl (C=O) groups is 2. The van der Waals surface area contributed by atoms with Gasteiger partial charge in [-0.05, 0) is 25.5 Å². The maximum Gasteiger partial charge on any atom is 0.341 e. The SMILES string of the molecule is COC(=O)Cc1c(C(=O)OC)cnn1-c1ccc(C)cc1C. The summed E-state index contributed by atoms with van der Waals surface area (Å²) in [6, 6.07) is 5.86. The van der Waals surface area contributed by atoms with Gasteiger partial charge in [0.25, 0.3) is 0 Å². The summed E-state index contributed by atoms with van der Waals surface area (Å²) < 4.78 is 11.0. The van der Waals surface area contributed by atoms with Crippen LogP contribution >= 0.6 is 0 Å². The van der Waals surface area contributed by atoms with Crippen molar-refractivity contribution < 1.29 is 19.1 Å². The molecular formula is C16H18N2O4. The van der Waals surface area contributed by atoms with Gasteiger partial charge in [-0.2, -0.15) is 5.10 Å². The first-order valence-electron chi connectivity index (χ1n) is 6.77. The van der Waals surface area contributed by atoms with Gasteiger partial charge in [-0.3, -0.25) is 4.79 Å². The van der Waals surface area contributed by atoms with Crippen molar-refractivity contribution in [2.45, 2.75) is 20.3 Å². The Balaban J connectivity index is 2.57. The Bertz CT molecular complexity index is 719. The second kappa shape index (κ2) is 6.43. The molecule has 0 N–H and O–H groups in total. The van der Waals surface area contributed by atoms with Crippen LogP contribution in [0.1, 0.15) is 27.2 Å². The average Bonchev–Trinajstić information content (AvgIpc) is 2.89. The van der Waals surface area contributed by atoms with Gasteiger partial charge in [0, 0.05) is 0 Å². The average molecular weight is 302 g/mol. The third-order valence-electron chi connectivity index (χ3n) is 3.39. The first-order valence-corrected chi connectivity index (χ1v) is 6.77. The first-order chi connectivity index (χ1) is 10.5. The highest BCUT2D eigenvalue weighted by molar-refractivity contribution is 5.92. The summed E-state index contributed by atoms with van der Waals surface area (Å²) in [4.78, 5) is 23.5. The maximum atomic E-state index is 11.9. The largest absolute Gasteiger partial charge is 0.469 e. The van der Waals surface area contributed by atoms with Gasteiger partial charge in [-0.25, -0.2) is 9.48 Å². The standard InChI is InChI=1S/C16H18N2O4/c1-10-5-6-13(11(2)7-10)18-14(8-15(19)21-3)12(9-17-18)16(20)22-4/h5-7,9H,8H2,1-4H3. The van der Waals surface area contributed by atoms with E-state index in [9.17, 15) is 9.59 Å². The fraction of sp³-hybridized carbons (Fsp3) is 0.312. The number of ether oxygens (including phenoxy) is 2. The summed E-state index contributed by atoms with van der Waals surface area (Å²) in [5.41, 5.74) is 3.62. The molecule has 6 heteroatoms. The number of hydrogen-bond donors (Lipinski definition) is 0. The lowest BCUT2D eigenvalue weighted by atomic mass is 10.1. The molecule has 22 heavy (non-hydrogen) atoms. The molecule has 1 aromatic carbocycles. The molecule has 1 heterocycles. The Morgan fingerprint density at radius 3 is 2.50 bits per heavy atom. The van der Waals surface area contributed by atoms with E-state index in [4.69, 9.17) is 9.47 Å². The second-order valence-electron chi connectivity index (χ2n) is 4.95. The minimum Gasteiger partial charge on any atom is -0.469 e. The van der Waals surface area contributed by atoms with E-state index in [2.05, 4.69) is 5.10 Å². The minimum atomic E-state index is -0.532. The molecule has 0 bridgehead atoms. The molecule has 0 saturated carbocycles. The van der Waals surface area contributed by atoms with Gasteiger partial charge in [0.1, 0.15) is 5.56 Å². The highest BCUT2D eigenvalue weighted by Crippen LogP contribution is 2.21. The van der Waals surface area contributed by atoms with Crippen LogP contribution in [0.2, 0.25) is 0 Å². The molecule has 116 valence electrons. The zero-order chi connectivity index (χ0) is 16.3. The Morgan fingerprint density at radius 1 is 1.18 bits per heavy atom. The quantitative estimate of drug-likeness (QED) is 0.808. The van der Waals surface area contributed by atoms with Crippen LogP contribution in [-0.2, 0) is 20.7 Å².